The van der Waals surface area contributed by atoms with E-state index in [-0.39, 0.29) is 11.6 Å². The van der Waals surface area contributed by atoms with Crippen molar-refractivity contribution in [2.45, 2.75) is 0 Å². The van der Waals surface area contributed by atoms with Crippen LogP contribution in [0.2, 0.25) is 15.1 Å². The van der Waals surface area contributed by atoms with Gasteiger partial charge in [-0.15, -0.1) is 0 Å². The number of halogens is 5. The molecule has 0 aliphatic heterocycles. The summed E-state index contributed by atoms with van der Waals surface area (Å²) in [6.07, 6.45) is 1.30. The fourth-order valence-corrected chi connectivity index (χ4v) is 3.49. The van der Waals surface area contributed by atoms with E-state index < -0.39 is 11.6 Å². The summed E-state index contributed by atoms with van der Waals surface area (Å²) in [5.41, 5.74) is 2.27. The van der Waals surface area contributed by atoms with Crippen LogP contribution in [0.25, 0.3) is 22.4 Å². The van der Waals surface area contributed by atoms with Gasteiger partial charge in [0.05, 0.1) is 16.3 Å². The minimum atomic E-state index is -1.03. The van der Waals surface area contributed by atoms with Gasteiger partial charge in [-0.1, -0.05) is 46.9 Å². The Kier molecular flexibility index (Phi) is 5.86. The van der Waals surface area contributed by atoms with Gasteiger partial charge in [-0.05, 0) is 48.0 Å². The van der Waals surface area contributed by atoms with Gasteiger partial charge in [-0.3, -0.25) is 0 Å². The smallest absolute Gasteiger partial charge is 0.230 e. The summed E-state index contributed by atoms with van der Waals surface area (Å²) < 4.78 is 32.7. The molecule has 30 heavy (non-hydrogen) atoms. The molecule has 3 aromatic carbocycles. The maximum absolute atomic E-state index is 13.7. The maximum Gasteiger partial charge on any atom is 0.230 e. The van der Waals surface area contributed by atoms with E-state index in [0.717, 1.165) is 12.1 Å². The van der Waals surface area contributed by atoms with Crippen LogP contribution in [0.1, 0.15) is 0 Å². The molecular formula is C22H11Cl3F2N2O. The number of nitrogens with zero attached hydrogens (tertiary/aromatic N) is 2. The van der Waals surface area contributed by atoms with Crippen LogP contribution in [0.3, 0.4) is 0 Å². The molecule has 0 aliphatic carbocycles. The molecule has 0 spiro atoms. The Labute approximate surface area is 185 Å². The third kappa shape index (κ3) is 4.24. The SMILES string of the molecule is Fc1ccc(Oc2ncnc(-c3ccc(Cl)cc3Cl)c2-c2ccc(Cl)cc2)cc1F. The Bertz CT molecular complexity index is 1230. The third-order valence-electron chi connectivity index (χ3n) is 4.24. The summed E-state index contributed by atoms with van der Waals surface area (Å²) in [6.45, 7) is 0. The second-order valence-electron chi connectivity index (χ2n) is 6.21. The van der Waals surface area contributed by atoms with Gasteiger partial charge in [-0.2, -0.15) is 0 Å². The van der Waals surface area contributed by atoms with Gasteiger partial charge >= 0.3 is 0 Å². The highest BCUT2D eigenvalue weighted by Gasteiger charge is 2.19. The topological polar surface area (TPSA) is 35.0 Å². The highest BCUT2D eigenvalue weighted by Crippen LogP contribution is 2.41. The van der Waals surface area contributed by atoms with Gasteiger partial charge in [-0.25, -0.2) is 18.7 Å². The lowest BCUT2D eigenvalue weighted by Crippen LogP contribution is -1.98. The molecule has 150 valence electrons. The van der Waals surface area contributed by atoms with Crippen LogP contribution < -0.4 is 4.74 Å². The highest BCUT2D eigenvalue weighted by molar-refractivity contribution is 6.36. The normalized spacial score (nSPS) is 10.8. The van der Waals surface area contributed by atoms with Gasteiger partial charge < -0.3 is 4.74 Å². The van der Waals surface area contributed by atoms with Crippen molar-refractivity contribution < 1.29 is 13.5 Å². The van der Waals surface area contributed by atoms with Crippen molar-refractivity contribution >= 4 is 34.8 Å². The Morgan fingerprint density at radius 1 is 0.733 bits per heavy atom. The minimum Gasteiger partial charge on any atom is -0.438 e. The second kappa shape index (κ2) is 8.56. The lowest BCUT2D eigenvalue weighted by atomic mass is 10.00. The van der Waals surface area contributed by atoms with Gasteiger partial charge in [0.15, 0.2) is 11.6 Å². The number of hydrogen-bond donors (Lipinski definition) is 0. The summed E-state index contributed by atoms with van der Waals surface area (Å²) in [7, 11) is 0. The number of hydrogen-bond acceptors (Lipinski definition) is 3. The van der Waals surface area contributed by atoms with Crippen molar-refractivity contribution in [3.8, 4) is 34.0 Å². The lowest BCUT2D eigenvalue weighted by Gasteiger charge is -2.15. The Morgan fingerprint density at radius 2 is 1.47 bits per heavy atom. The molecule has 0 saturated carbocycles. The first-order chi connectivity index (χ1) is 14.4. The van der Waals surface area contributed by atoms with Crippen molar-refractivity contribution in [2.24, 2.45) is 0 Å². The van der Waals surface area contributed by atoms with E-state index in [9.17, 15) is 8.78 Å². The summed E-state index contributed by atoms with van der Waals surface area (Å²) in [5.74, 6) is -1.79. The number of ether oxygens (including phenoxy) is 1. The molecule has 0 unspecified atom stereocenters. The van der Waals surface area contributed by atoms with Crippen molar-refractivity contribution in [3.05, 3.63) is 93.7 Å². The molecule has 3 nitrogen and oxygen atoms in total. The predicted molar refractivity (Wildman–Crippen MR) is 114 cm³/mol. The first-order valence-electron chi connectivity index (χ1n) is 8.61. The fourth-order valence-electron chi connectivity index (χ4n) is 2.86. The van der Waals surface area contributed by atoms with Gasteiger partial charge in [0.25, 0.3) is 0 Å². The molecule has 4 aromatic rings. The molecule has 0 fully saturated rings. The van der Waals surface area contributed by atoms with Crippen molar-refractivity contribution in [1.82, 2.24) is 9.97 Å². The molecule has 8 heteroatoms. The Morgan fingerprint density at radius 3 is 2.17 bits per heavy atom. The molecule has 0 bridgehead atoms. The minimum absolute atomic E-state index is 0.0796. The monoisotopic (exact) mass is 462 g/mol. The molecule has 0 N–H and O–H groups in total. The van der Waals surface area contributed by atoms with Crippen LogP contribution in [-0.2, 0) is 0 Å². The third-order valence-corrected chi connectivity index (χ3v) is 5.04. The summed E-state index contributed by atoms with van der Waals surface area (Å²) in [6, 6.07) is 15.2. The zero-order valence-corrected chi connectivity index (χ0v) is 17.3. The van der Waals surface area contributed by atoms with Gasteiger partial charge in [0, 0.05) is 21.7 Å². The zero-order valence-electron chi connectivity index (χ0n) is 15.0. The van der Waals surface area contributed by atoms with Gasteiger partial charge in [0.2, 0.25) is 5.88 Å². The lowest BCUT2D eigenvalue weighted by molar-refractivity contribution is 0.448. The quantitative estimate of drug-likeness (QED) is 0.309. The van der Waals surface area contributed by atoms with E-state index >= 15 is 0 Å². The molecule has 0 atom stereocenters. The van der Waals surface area contributed by atoms with Crippen LogP contribution in [-0.4, -0.2) is 9.97 Å². The largest absolute Gasteiger partial charge is 0.438 e. The van der Waals surface area contributed by atoms with E-state index in [4.69, 9.17) is 39.5 Å². The van der Waals surface area contributed by atoms with E-state index in [1.807, 2.05) is 0 Å². The zero-order chi connectivity index (χ0) is 21.3. The fraction of sp³-hybridized carbons (Fsp3) is 0. The second-order valence-corrected chi connectivity index (χ2v) is 7.49. The molecule has 1 aromatic heterocycles. The highest BCUT2D eigenvalue weighted by atomic mass is 35.5. The summed E-state index contributed by atoms with van der Waals surface area (Å²) in [5, 5.41) is 1.41. The van der Waals surface area contributed by atoms with Crippen molar-refractivity contribution in [1.29, 1.82) is 0 Å². The van der Waals surface area contributed by atoms with E-state index in [2.05, 4.69) is 9.97 Å². The van der Waals surface area contributed by atoms with Crippen LogP contribution in [0, 0.1) is 11.6 Å². The molecule has 0 aliphatic rings. The first-order valence-corrected chi connectivity index (χ1v) is 9.75. The van der Waals surface area contributed by atoms with E-state index in [0.29, 0.717) is 37.5 Å². The Balaban J connectivity index is 1.91. The predicted octanol–water partition coefficient (Wildman–Crippen LogP) is 7.84. The molecule has 0 amide bonds. The first kappa shape index (κ1) is 20.5. The average Bonchev–Trinajstić information content (AvgIpc) is 2.72. The molecule has 0 saturated heterocycles. The molecule has 4 rings (SSSR count). The van der Waals surface area contributed by atoms with Crippen LogP contribution >= 0.6 is 34.8 Å². The van der Waals surface area contributed by atoms with Crippen molar-refractivity contribution in [3.63, 3.8) is 0 Å². The average molecular weight is 464 g/mol. The Hall–Kier alpha value is -2.73. The van der Waals surface area contributed by atoms with E-state index in [1.165, 1.54) is 12.4 Å². The number of aromatic nitrogens is 2. The van der Waals surface area contributed by atoms with Crippen LogP contribution in [0.5, 0.6) is 11.6 Å². The van der Waals surface area contributed by atoms with Crippen molar-refractivity contribution in [2.75, 3.05) is 0 Å². The molecular weight excluding hydrogens is 453 g/mol. The standard InChI is InChI=1S/C22H11Cl3F2N2O/c23-13-3-1-12(2-4-13)20-21(16-7-5-14(24)9-17(16)25)28-11-29-22(20)30-15-6-8-18(26)19(27)10-15/h1-11H. The van der Waals surface area contributed by atoms with Crippen LogP contribution in [0.15, 0.2) is 67.0 Å². The van der Waals surface area contributed by atoms with Gasteiger partial charge in [0.1, 0.15) is 12.1 Å². The van der Waals surface area contributed by atoms with Crippen LogP contribution in [0.4, 0.5) is 8.78 Å². The summed E-state index contributed by atoms with van der Waals surface area (Å²) in [4.78, 5) is 8.59. The number of rotatable bonds is 4. The summed E-state index contributed by atoms with van der Waals surface area (Å²) >= 11 is 18.4. The maximum atomic E-state index is 13.7. The molecule has 1 heterocycles. The number of benzene rings is 3. The van der Waals surface area contributed by atoms with E-state index in [1.54, 1.807) is 42.5 Å². The molecule has 0 radical (unpaired) electrons.